The SMILES string of the molecule is CCCCCCOC(=O)CCCc1ccc(OC)cc1. The molecule has 0 aliphatic heterocycles. The zero-order valence-electron chi connectivity index (χ0n) is 12.7. The van der Waals surface area contributed by atoms with Crippen molar-refractivity contribution in [1.82, 2.24) is 0 Å². The van der Waals surface area contributed by atoms with E-state index >= 15 is 0 Å². The lowest BCUT2D eigenvalue weighted by Crippen LogP contribution is -2.06. The zero-order chi connectivity index (χ0) is 14.6. The molecule has 20 heavy (non-hydrogen) atoms. The average molecular weight is 278 g/mol. The number of unbranched alkanes of at least 4 members (excludes halogenated alkanes) is 3. The lowest BCUT2D eigenvalue weighted by molar-refractivity contribution is -0.143. The summed E-state index contributed by atoms with van der Waals surface area (Å²) in [5.74, 6) is 0.787. The second-order valence-electron chi connectivity index (χ2n) is 4.98. The molecule has 3 heteroatoms. The summed E-state index contributed by atoms with van der Waals surface area (Å²) in [6.07, 6.45) is 6.79. The van der Waals surface area contributed by atoms with Crippen molar-refractivity contribution < 1.29 is 14.3 Å². The first-order chi connectivity index (χ1) is 9.76. The van der Waals surface area contributed by atoms with E-state index in [-0.39, 0.29) is 5.97 Å². The fourth-order valence-corrected chi connectivity index (χ4v) is 2.02. The minimum absolute atomic E-state index is 0.0741. The monoisotopic (exact) mass is 278 g/mol. The van der Waals surface area contributed by atoms with Gasteiger partial charge in [0, 0.05) is 6.42 Å². The molecule has 0 N–H and O–H groups in total. The predicted molar refractivity (Wildman–Crippen MR) is 81.0 cm³/mol. The van der Waals surface area contributed by atoms with Gasteiger partial charge in [0.05, 0.1) is 13.7 Å². The number of benzene rings is 1. The van der Waals surface area contributed by atoms with Crippen molar-refractivity contribution >= 4 is 5.97 Å². The summed E-state index contributed by atoms with van der Waals surface area (Å²) < 4.78 is 10.3. The molecule has 112 valence electrons. The number of esters is 1. The standard InChI is InChI=1S/C17H26O3/c1-3-4-5-6-14-20-17(18)9-7-8-15-10-12-16(19-2)13-11-15/h10-13H,3-9,14H2,1-2H3. The van der Waals surface area contributed by atoms with Crippen LogP contribution in [0.2, 0.25) is 0 Å². The van der Waals surface area contributed by atoms with E-state index in [1.54, 1.807) is 7.11 Å². The molecule has 0 bridgehead atoms. The number of rotatable bonds is 10. The highest BCUT2D eigenvalue weighted by atomic mass is 16.5. The van der Waals surface area contributed by atoms with E-state index in [0.29, 0.717) is 13.0 Å². The van der Waals surface area contributed by atoms with E-state index in [1.165, 1.54) is 18.4 Å². The normalized spacial score (nSPS) is 10.3. The molecule has 0 aliphatic carbocycles. The topological polar surface area (TPSA) is 35.5 Å². The number of carbonyl (C=O) groups excluding carboxylic acids is 1. The van der Waals surface area contributed by atoms with Gasteiger partial charge in [0.15, 0.2) is 0 Å². The predicted octanol–water partition coefficient (Wildman–Crippen LogP) is 4.14. The summed E-state index contributed by atoms with van der Waals surface area (Å²) in [5.41, 5.74) is 1.22. The van der Waals surface area contributed by atoms with E-state index in [1.807, 2.05) is 24.3 Å². The summed E-state index contributed by atoms with van der Waals surface area (Å²) in [7, 11) is 1.66. The van der Waals surface area contributed by atoms with Gasteiger partial charge in [0.2, 0.25) is 0 Å². The number of aryl methyl sites for hydroxylation is 1. The fourth-order valence-electron chi connectivity index (χ4n) is 2.02. The Balaban J connectivity index is 2.08. The molecule has 0 aromatic heterocycles. The zero-order valence-corrected chi connectivity index (χ0v) is 12.7. The van der Waals surface area contributed by atoms with E-state index < -0.39 is 0 Å². The molecule has 0 amide bonds. The molecule has 3 nitrogen and oxygen atoms in total. The van der Waals surface area contributed by atoms with Crippen molar-refractivity contribution in [1.29, 1.82) is 0 Å². The summed E-state index contributed by atoms with van der Waals surface area (Å²) in [4.78, 5) is 11.5. The van der Waals surface area contributed by atoms with Crippen LogP contribution in [0.4, 0.5) is 0 Å². The van der Waals surface area contributed by atoms with Crippen molar-refractivity contribution in [3.63, 3.8) is 0 Å². The number of methoxy groups -OCH3 is 1. The Morgan fingerprint density at radius 2 is 1.80 bits per heavy atom. The molecule has 0 heterocycles. The number of ether oxygens (including phenoxy) is 2. The molecule has 1 rings (SSSR count). The van der Waals surface area contributed by atoms with Gasteiger partial charge in [-0.1, -0.05) is 38.3 Å². The number of hydrogen-bond acceptors (Lipinski definition) is 3. The van der Waals surface area contributed by atoms with Crippen molar-refractivity contribution in [2.24, 2.45) is 0 Å². The third-order valence-corrected chi connectivity index (χ3v) is 3.27. The van der Waals surface area contributed by atoms with Gasteiger partial charge in [0.1, 0.15) is 5.75 Å². The van der Waals surface area contributed by atoms with Crippen LogP contribution in [0.15, 0.2) is 24.3 Å². The van der Waals surface area contributed by atoms with Crippen LogP contribution >= 0.6 is 0 Å². The van der Waals surface area contributed by atoms with E-state index in [9.17, 15) is 4.79 Å². The second-order valence-corrected chi connectivity index (χ2v) is 4.98. The molecule has 0 fully saturated rings. The maximum absolute atomic E-state index is 11.5. The van der Waals surface area contributed by atoms with Crippen LogP contribution in [0, 0.1) is 0 Å². The molecule has 0 radical (unpaired) electrons. The minimum atomic E-state index is -0.0741. The largest absolute Gasteiger partial charge is 0.497 e. The van der Waals surface area contributed by atoms with E-state index in [2.05, 4.69) is 6.92 Å². The first-order valence-corrected chi connectivity index (χ1v) is 7.54. The van der Waals surface area contributed by atoms with E-state index in [4.69, 9.17) is 9.47 Å². The molecule has 0 aliphatic rings. The lowest BCUT2D eigenvalue weighted by atomic mass is 10.1. The van der Waals surface area contributed by atoms with Crippen LogP contribution < -0.4 is 4.74 Å². The van der Waals surface area contributed by atoms with E-state index in [0.717, 1.165) is 31.4 Å². The molecule has 0 spiro atoms. The Hall–Kier alpha value is -1.51. The van der Waals surface area contributed by atoms with Crippen molar-refractivity contribution in [2.75, 3.05) is 13.7 Å². The minimum Gasteiger partial charge on any atom is -0.497 e. The number of carbonyl (C=O) groups is 1. The highest BCUT2D eigenvalue weighted by Crippen LogP contribution is 2.13. The molecular weight excluding hydrogens is 252 g/mol. The van der Waals surface area contributed by atoms with Gasteiger partial charge in [-0.05, 0) is 37.0 Å². The maximum atomic E-state index is 11.5. The summed E-state index contributed by atoms with van der Waals surface area (Å²) in [5, 5.41) is 0. The third-order valence-electron chi connectivity index (χ3n) is 3.27. The van der Waals surface area contributed by atoms with Gasteiger partial charge in [-0.25, -0.2) is 0 Å². The first-order valence-electron chi connectivity index (χ1n) is 7.54. The quantitative estimate of drug-likeness (QED) is 0.476. The van der Waals surface area contributed by atoms with Crippen molar-refractivity contribution in [3.05, 3.63) is 29.8 Å². The Morgan fingerprint density at radius 1 is 1.05 bits per heavy atom. The molecule has 0 saturated carbocycles. The Bertz CT molecular complexity index is 370. The van der Waals surface area contributed by atoms with Crippen molar-refractivity contribution in [3.8, 4) is 5.75 Å². The van der Waals surface area contributed by atoms with Crippen LogP contribution in [-0.4, -0.2) is 19.7 Å². The van der Waals surface area contributed by atoms with Gasteiger partial charge in [-0.3, -0.25) is 4.79 Å². The van der Waals surface area contributed by atoms with Crippen molar-refractivity contribution in [2.45, 2.75) is 51.9 Å². The second kappa shape index (κ2) is 10.3. The molecule has 1 aromatic rings. The third kappa shape index (κ3) is 7.17. The highest BCUT2D eigenvalue weighted by molar-refractivity contribution is 5.69. The van der Waals surface area contributed by atoms with Crippen LogP contribution in [0.3, 0.4) is 0 Å². The van der Waals surface area contributed by atoms with Crippen LogP contribution in [0.5, 0.6) is 5.75 Å². The Morgan fingerprint density at radius 3 is 2.45 bits per heavy atom. The van der Waals surface area contributed by atoms with Gasteiger partial charge in [-0.2, -0.15) is 0 Å². The smallest absolute Gasteiger partial charge is 0.305 e. The van der Waals surface area contributed by atoms with Crippen LogP contribution in [-0.2, 0) is 16.0 Å². The fraction of sp³-hybridized carbons (Fsp3) is 0.588. The van der Waals surface area contributed by atoms with Gasteiger partial charge in [0.25, 0.3) is 0 Å². The van der Waals surface area contributed by atoms with Crippen LogP contribution in [0.25, 0.3) is 0 Å². The molecule has 0 atom stereocenters. The average Bonchev–Trinajstić information content (AvgIpc) is 2.48. The first kappa shape index (κ1) is 16.5. The maximum Gasteiger partial charge on any atom is 0.305 e. The van der Waals surface area contributed by atoms with Crippen LogP contribution in [0.1, 0.15) is 51.0 Å². The van der Waals surface area contributed by atoms with Gasteiger partial charge >= 0.3 is 5.97 Å². The molecule has 0 saturated heterocycles. The summed E-state index contributed by atoms with van der Waals surface area (Å²) in [6, 6.07) is 7.96. The summed E-state index contributed by atoms with van der Waals surface area (Å²) >= 11 is 0. The molecule has 0 unspecified atom stereocenters. The molecular formula is C17H26O3. The Kier molecular flexibility index (Phi) is 8.52. The Labute approximate surface area is 122 Å². The van der Waals surface area contributed by atoms with Gasteiger partial charge in [-0.15, -0.1) is 0 Å². The highest BCUT2D eigenvalue weighted by Gasteiger charge is 2.03. The molecule has 1 aromatic carbocycles. The number of hydrogen-bond donors (Lipinski definition) is 0. The lowest BCUT2D eigenvalue weighted by Gasteiger charge is -2.05. The van der Waals surface area contributed by atoms with Gasteiger partial charge < -0.3 is 9.47 Å². The summed E-state index contributed by atoms with van der Waals surface area (Å²) in [6.45, 7) is 2.74.